The molecule has 4 aliphatic rings. The minimum absolute atomic E-state index is 0.165. The quantitative estimate of drug-likeness (QED) is 0.171. The fourth-order valence-electron chi connectivity index (χ4n) is 8.15. The van der Waals surface area contributed by atoms with Gasteiger partial charge in [-0.05, 0) is 36.1 Å². The number of hydrogen-bond acceptors (Lipinski definition) is 9. The predicted octanol–water partition coefficient (Wildman–Crippen LogP) is 5.17. The number of rotatable bonds is 3. The van der Waals surface area contributed by atoms with E-state index in [2.05, 4.69) is 45.2 Å². The number of anilines is 1. The maximum atomic E-state index is 14.0. The minimum Gasteiger partial charge on any atom is -0.469 e. The number of nitrogens with zero attached hydrogens (tertiary/aromatic N) is 2. The Balaban J connectivity index is 1.31. The molecule has 5 N–H and O–H groups in total. The van der Waals surface area contributed by atoms with E-state index in [1.54, 1.807) is 6.20 Å². The average Bonchev–Trinajstić information content (AvgIpc) is 3.92. The van der Waals surface area contributed by atoms with Crippen LogP contribution in [-0.2, 0) is 21.4 Å². The number of aromatic amines is 1. The molecule has 6 aromatic rings. The van der Waals surface area contributed by atoms with Crippen LogP contribution in [0.3, 0.4) is 0 Å². The third-order valence-electron chi connectivity index (χ3n) is 10.5. The van der Waals surface area contributed by atoms with Crippen molar-refractivity contribution in [3.05, 3.63) is 95.3 Å². The van der Waals surface area contributed by atoms with Crippen LogP contribution in [0.15, 0.2) is 75.8 Å². The third kappa shape index (κ3) is 3.79. The molecule has 10 bridgehead atoms. The van der Waals surface area contributed by atoms with Crippen molar-refractivity contribution in [2.24, 2.45) is 5.92 Å². The molecule has 1 spiro atoms. The van der Waals surface area contributed by atoms with E-state index in [9.17, 15) is 14.7 Å². The molecule has 0 radical (unpaired) electrons. The molecule has 0 fully saturated rings. The number of fused-ring (bicyclic) bond motifs is 7. The van der Waals surface area contributed by atoms with Gasteiger partial charge in [0.05, 0.1) is 6.20 Å². The smallest absolute Gasteiger partial charge is 0.249 e. The number of amides is 2. The highest BCUT2D eigenvalue weighted by atomic mass is 16.5. The maximum Gasteiger partial charge on any atom is 0.249 e. The van der Waals surface area contributed by atoms with Crippen LogP contribution >= 0.6 is 0 Å². The van der Waals surface area contributed by atoms with Crippen molar-refractivity contribution in [1.82, 2.24) is 25.6 Å². The number of nitrogens with one attached hydrogen (secondary N) is 4. The summed E-state index contributed by atoms with van der Waals surface area (Å²) in [6, 6.07) is 16.6. The van der Waals surface area contributed by atoms with Crippen molar-refractivity contribution in [3.8, 4) is 39.8 Å². The average molecular weight is 669 g/mol. The summed E-state index contributed by atoms with van der Waals surface area (Å²) in [5.41, 5.74) is 6.61. The lowest BCUT2D eigenvalue weighted by atomic mass is 9.72. The first-order valence-corrected chi connectivity index (χ1v) is 16.8. The highest BCUT2D eigenvalue weighted by molar-refractivity contribution is 6.07. The Hall–Kier alpha value is -5.88. The molecule has 0 aliphatic carbocycles. The lowest BCUT2D eigenvalue weighted by molar-refractivity contribution is -0.133. The van der Waals surface area contributed by atoms with Gasteiger partial charge in [0.2, 0.25) is 23.6 Å². The summed E-state index contributed by atoms with van der Waals surface area (Å²) in [4.78, 5) is 40.0. The van der Waals surface area contributed by atoms with Gasteiger partial charge in [-0.3, -0.25) is 9.59 Å². The van der Waals surface area contributed by atoms with Crippen LogP contribution in [0.25, 0.3) is 44.9 Å². The predicted molar refractivity (Wildman–Crippen MR) is 182 cm³/mol. The molecular weight excluding hydrogens is 636 g/mol. The second-order valence-electron chi connectivity index (χ2n) is 13.9. The van der Waals surface area contributed by atoms with Gasteiger partial charge in [0, 0.05) is 51.5 Å². The molecule has 12 nitrogen and oxygen atoms in total. The van der Waals surface area contributed by atoms with Gasteiger partial charge in [-0.1, -0.05) is 56.3 Å². The molecule has 1 unspecified atom stereocenters. The molecule has 0 saturated carbocycles. The fourth-order valence-corrected chi connectivity index (χ4v) is 8.15. The van der Waals surface area contributed by atoms with Crippen LogP contribution < -0.4 is 20.7 Å². The first kappa shape index (κ1) is 29.1. The Bertz CT molecular complexity index is 2420. The largest absolute Gasteiger partial charge is 0.469 e. The van der Waals surface area contributed by atoms with E-state index in [1.807, 2.05) is 50.4 Å². The number of H-pyrrole nitrogens is 1. The van der Waals surface area contributed by atoms with E-state index in [4.69, 9.17) is 23.5 Å². The Morgan fingerprint density at radius 2 is 1.86 bits per heavy atom. The van der Waals surface area contributed by atoms with Crippen LogP contribution in [0.5, 0.6) is 5.75 Å². The number of ether oxygens (including phenoxy) is 1. The van der Waals surface area contributed by atoms with Gasteiger partial charge in [-0.2, -0.15) is 0 Å². The Morgan fingerprint density at radius 3 is 2.70 bits per heavy atom. The molecule has 2 amide bonds. The molecule has 7 heterocycles. The molecule has 5 atom stereocenters. The molecule has 10 rings (SSSR count). The fraction of sp³-hybridized carbons (Fsp3) is 0.263. The number of oxazole rings is 2. The van der Waals surface area contributed by atoms with Gasteiger partial charge < -0.3 is 39.6 Å². The first-order chi connectivity index (χ1) is 24.2. The summed E-state index contributed by atoms with van der Waals surface area (Å²) in [5, 5.41) is 20.6. The number of carbonyl (C=O) groups excluding carboxylic acids is 2. The summed E-state index contributed by atoms with van der Waals surface area (Å²) in [7, 11) is 0. The van der Waals surface area contributed by atoms with Crippen LogP contribution in [0.2, 0.25) is 0 Å². The zero-order valence-electron chi connectivity index (χ0n) is 27.3. The monoisotopic (exact) mass is 668 g/mol. The lowest BCUT2D eigenvalue weighted by Crippen LogP contribution is -2.51. The van der Waals surface area contributed by atoms with Crippen LogP contribution in [0.4, 0.5) is 5.69 Å². The van der Waals surface area contributed by atoms with E-state index in [0.29, 0.717) is 23.0 Å². The van der Waals surface area contributed by atoms with Gasteiger partial charge in [-0.15, -0.1) is 0 Å². The van der Waals surface area contributed by atoms with Crippen LogP contribution in [0.1, 0.15) is 55.2 Å². The number of carbonyl (C=O) groups is 2. The van der Waals surface area contributed by atoms with E-state index >= 15 is 0 Å². The van der Waals surface area contributed by atoms with Gasteiger partial charge in [0.15, 0.2) is 23.4 Å². The van der Waals surface area contributed by atoms with Crippen molar-refractivity contribution in [2.75, 3.05) is 5.32 Å². The molecule has 3 aromatic carbocycles. The zero-order chi connectivity index (χ0) is 34.1. The standard InChI is InChI=1S/C38H32N6O6/c1-16(2)29-36-43-31-32(50-36)38-22-8-4-7-20(19-6-5-9-24-28(19)21(14-39-24)27-15-40-35(31)48-27)30(22)44-37(38)49-26-11-10-18(12-23(26)38)13-25(34(47)42-29)41-33(46)17(3)45/h4-12,14-17,25,29,37,39,44-45H,13H2,1-3H3,(H,41,46)(H,42,47)/t17-,25-,29-,37?,38-/m0/s1. The summed E-state index contributed by atoms with van der Waals surface area (Å²) in [6.45, 7) is 5.29. The first-order valence-electron chi connectivity index (χ1n) is 16.8. The second-order valence-corrected chi connectivity index (χ2v) is 13.9. The molecule has 250 valence electrons. The van der Waals surface area contributed by atoms with Crippen molar-refractivity contribution < 1.29 is 28.3 Å². The summed E-state index contributed by atoms with van der Waals surface area (Å²) >= 11 is 0. The van der Waals surface area contributed by atoms with Gasteiger partial charge in [0.1, 0.15) is 29.4 Å². The van der Waals surface area contributed by atoms with Crippen molar-refractivity contribution in [2.45, 2.75) is 57.0 Å². The summed E-state index contributed by atoms with van der Waals surface area (Å²) in [6.07, 6.45) is 1.88. The minimum atomic E-state index is -1.30. The molecule has 4 aliphatic heterocycles. The molecule has 3 aromatic heterocycles. The van der Waals surface area contributed by atoms with E-state index < -0.39 is 41.6 Å². The topological polar surface area (TPSA) is 168 Å². The number of aromatic nitrogens is 3. The molecule has 50 heavy (non-hydrogen) atoms. The highest BCUT2D eigenvalue weighted by Crippen LogP contribution is 2.61. The number of aliphatic hydroxyl groups excluding tert-OH is 1. The van der Waals surface area contributed by atoms with Gasteiger partial charge >= 0.3 is 0 Å². The van der Waals surface area contributed by atoms with E-state index in [-0.39, 0.29) is 24.1 Å². The zero-order valence-corrected chi connectivity index (χ0v) is 27.3. The Kier molecular flexibility index (Phi) is 5.86. The van der Waals surface area contributed by atoms with Crippen LogP contribution in [-0.4, -0.2) is 50.2 Å². The third-order valence-corrected chi connectivity index (χ3v) is 10.5. The second kappa shape index (κ2) is 10.1. The molecule has 0 saturated heterocycles. The van der Waals surface area contributed by atoms with Crippen LogP contribution in [0, 0.1) is 5.92 Å². The van der Waals surface area contributed by atoms with E-state index in [1.165, 1.54) is 6.92 Å². The maximum absolute atomic E-state index is 14.0. The van der Waals surface area contributed by atoms with Crippen molar-refractivity contribution in [1.29, 1.82) is 0 Å². The summed E-state index contributed by atoms with van der Waals surface area (Å²) in [5.74, 6) is 0.993. The highest BCUT2D eigenvalue weighted by Gasteiger charge is 2.61. The number of benzene rings is 3. The van der Waals surface area contributed by atoms with Gasteiger partial charge in [0.25, 0.3) is 0 Å². The summed E-state index contributed by atoms with van der Waals surface area (Å²) < 4.78 is 20.3. The SMILES string of the molecule is CC(C)[C@@H]1NC(=O)[C@@H](NC(=O)[C@H](C)O)Cc2ccc3c(c2)[C@]24c5cccc(c5NC2O3)-c2cccc3[nH]cc(c23)-c2cnc(o2)-c2nc1oc24. The number of hydrogen-bond donors (Lipinski definition) is 5. The normalized spacial score (nSPS) is 22.9. The van der Waals surface area contributed by atoms with Gasteiger partial charge in [-0.25, -0.2) is 9.97 Å². The number of para-hydroxylation sites is 1. The molecule has 12 heteroatoms. The Labute approximate surface area is 285 Å². The van der Waals surface area contributed by atoms with Crippen molar-refractivity contribution >= 4 is 28.4 Å². The molecular formula is C38H32N6O6. The Morgan fingerprint density at radius 1 is 1.02 bits per heavy atom. The lowest BCUT2D eigenvalue weighted by Gasteiger charge is -2.29. The van der Waals surface area contributed by atoms with E-state index in [0.717, 1.165) is 50.0 Å². The van der Waals surface area contributed by atoms with Crippen molar-refractivity contribution in [3.63, 3.8) is 0 Å². The number of aliphatic hydroxyl groups is 1.